The molecule has 5 heteroatoms. The van der Waals surface area contributed by atoms with Gasteiger partial charge in [-0.3, -0.25) is 0 Å². The van der Waals surface area contributed by atoms with E-state index in [1.807, 2.05) is 23.6 Å². The Morgan fingerprint density at radius 2 is 2.29 bits per heavy atom. The molecule has 0 amide bonds. The Morgan fingerprint density at radius 1 is 1.41 bits per heavy atom. The molecule has 0 atom stereocenters. The number of phenols is 1. The number of thiazole rings is 1. The van der Waals surface area contributed by atoms with Gasteiger partial charge in [0.1, 0.15) is 10.8 Å². The molecule has 0 unspecified atom stereocenters. The monoisotopic (exact) mass is 245 g/mol. The van der Waals surface area contributed by atoms with Gasteiger partial charge >= 0.3 is 0 Å². The number of nitrogens with zero attached hydrogens (tertiary/aromatic N) is 1. The smallest absolute Gasteiger partial charge is 0.140 e. The molecule has 86 valence electrons. The van der Waals surface area contributed by atoms with E-state index >= 15 is 0 Å². The number of aromatic amines is 1. The number of fused-ring (bicyclic) bond motifs is 1. The van der Waals surface area contributed by atoms with Gasteiger partial charge < -0.3 is 15.8 Å². The zero-order valence-electron chi connectivity index (χ0n) is 8.97. The van der Waals surface area contributed by atoms with Gasteiger partial charge in [0.2, 0.25) is 0 Å². The Bertz CT molecular complexity index is 671. The summed E-state index contributed by atoms with van der Waals surface area (Å²) in [6, 6.07) is 7.42. The highest BCUT2D eigenvalue weighted by Crippen LogP contribution is 2.30. The van der Waals surface area contributed by atoms with Crippen LogP contribution in [-0.4, -0.2) is 15.1 Å². The van der Waals surface area contributed by atoms with Crippen LogP contribution >= 0.6 is 11.3 Å². The normalized spacial score (nSPS) is 11.1. The molecule has 2 aromatic heterocycles. The summed E-state index contributed by atoms with van der Waals surface area (Å²) in [5.41, 5.74) is 8.07. The van der Waals surface area contributed by atoms with Gasteiger partial charge in [0.25, 0.3) is 0 Å². The molecule has 0 aliphatic carbocycles. The van der Waals surface area contributed by atoms with Crippen molar-refractivity contribution in [3.05, 3.63) is 35.3 Å². The van der Waals surface area contributed by atoms with Gasteiger partial charge in [-0.25, -0.2) is 4.98 Å². The third kappa shape index (κ3) is 1.69. The number of nitrogens with one attached hydrogen (secondary N) is 1. The number of rotatable bonds is 2. The maximum atomic E-state index is 9.71. The highest BCUT2D eigenvalue weighted by Gasteiger charge is 2.09. The molecule has 4 N–H and O–H groups in total. The minimum Gasteiger partial charge on any atom is -0.506 e. The fourth-order valence-electron chi connectivity index (χ4n) is 1.78. The lowest BCUT2D eigenvalue weighted by Gasteiger charge is -1.92. The van der Waals surface area contributed by atoms with Crippen LogP contribution in [0.5, 0.6) is 5.75 Å². The molecule has 2 heterocycles. The molecule has 0 saturated carbocycles. The molecule has 3 rings (SSSR count). The lowest BCUT2D eigenvalue weighted by Crippen LogP contribution is -1.95. The minimum absolute atomic E-state index is 0.254. The molecule has 0 fully saturated rings. The molecule has 1 aromatic carbocycles. The van der Waals surface area contributed by atoms with Crippen LogP contribution in [0.1, 0.15) is 5.69 Å². The summed E-state index contributed by atoms with van der Waals surface area (Å²) < 4.78 is 0. The molecular weight excluding hydrogens is 234 g/mol. The van der Waals surface area contributed by atoms with Crippen LogP contribution in [0, 0.1) is 0 Å². The Labute approximate surface area is 102 Å². The second-order valence-corrected chi connectivity index (χ2v) is 4.63. The lowest BCUT2D eigenvalue weighted by atomic mass is 10.2. The van der Waals surface area contributed by atoms with E-state index in [0.29, 0.717) is 6.54 Å². The molecule has 0 aliphatic heterocycles. The molecular formula is C12H11N3OS. The van der Waals surface area contributed by atoms with Crippen LogP contribution in [0.2, 0.25) is 0 Å². The van der Waals surface area contributed by atoms with Crippen LogP contribution in [0.25, 0.3) is 21.6 Å². The largest absolute Gasteiger partial charge is 0.506 e. The number of hydrogen-bond acceptors (Lipinski definition) is 4. The zero-order chi connectivity index (χ0) is 11.8. The minimum atomic E-state index is 0.254. The second-order valence-electron chi connectivity index (χ2n) is 3.77. The van der Waals surface area contributed by atoms with Crippen molar-refractivity contribution in [3.8, 4) is 16.5 Å². The lowest BCUT2D eigenvalue weighted by molar-refractivity contribution is 0.480. The standard InChI is InChI=1S/C12H11N3OS/c13-5-8-6-17-12(14-8)9-4-7-2-1-3-10(16)11(7)15-9/h1-4,6,15-16H,5,13H2. The summed E-state index contributed by atoms with van der Waals surface area (Å²) >= 11 is 1.54. The van der Waals surface area contributed by atoms with Gasteiger partial charge in [0.15, 0.2) is 0 Å². The first kappa shape index (κ1) is 10.3. The quantitative estimate of drug-likeness (QED) is 0.649. The average Bonchev–Trinajstić information content (AvgIpc) is 2.95. The third-order valence-electron chi connectivity index (χ3n) is 2.63. The van der Waals surface area contributed by atoms with Gasteiger partial charge in [0, 0.05) is 17.3 Å². The van der Waals surface area contributed by atoms with Crippen molar-refractivity contribution in [3.63, 3.8) is 0 Å². The van der Waals surface area contributed by atoms with Crippen LogP contribution in [0.4, 0.5) is 0 Å². The maximum absolute atomic E-state index is 9.71. The highest BCUT2D eigenvalue weighted by molar-refractivity contribution is 7.13. The first-order valence-corrected chi connectivity index (χ1v) is 6.11. The summed E-state index contributed by atoms with van der Waals surface area (Å²) in [5, 5.41) is 13.5. The Kier molecular flexibility index (Phi) is 2.35. The number of benzene rings is 1. The van der Waals surface area contributed by atoms with Crippen molar-refractivity contribution in [2.24, 2.45) is 5.73 Å². The van der Waals surface area contributed by atoms with Gasteiger partial charge in [-0.1, -0.05) is 12.1 Å². The summed E-state index contributed by atoms with van der Waals surface area (Å²) in [5.74, 6) is 0.254. The van der Waals surface area contributed by atoms with Crippen molar-refractivity contribution in [2.75, 3.05) is 0 Å². The van der Waals surface area contributed by atoms with E-state index in [0.717, 1.165) is 27.3 Å². The highest BCUT2D eigenvalue weighted by atomic mass is 32.1. The third-order valence-corrected chi connectivity index (χ3v) is 3.55. The molecule has 0 bridgehead atoms. The van der Waals surface area contributed by atoms with Crippen molar-refractivity contribution < 1.29 is 5.11 Å². The number of nitrogens with two attached hydrogens (primary N) is 1. The van der Waals surface area contributed by atoms with Gasteiger partial charge in [-0.05, 0) is 12.1 Å². The van der Waals surface area contributed by atoms with Crippen LogP contribution in [0.3, 0.4) is 0 Å². The summed E-state index contributed by atoms with van der Waals surface area (Å²) in [6.45, 7) is 0.446. The predicted octanol–water partition coefficient (Wildman–Crippen LogP) is 2.46. The predicted molar refractivity (Wildman–Crippen MR) is 69.0 cm³/mol. The number of aromatic nitrogens is 2. The summed E-state index contributed by atoms with van der Waals surface area (Å²) in [4.78, 5) is 7.58. The van der Waals surface area contributed by atoms with E-state index < -0.39 is 0 Å². The molecule has 0 radical (unpaired) electrons. The molecule has 3 aromatic rings. The SMILES string of the molecule is NCc1csc(-c2cc3cccc(O)c3[nH]2)n1. The molecule has 17 heavy (non-hydrogen) atoms. The first-order valence-electron chi connectivity index (χ1n) is 5.23. The second kappa shape index (κ2) is 3.87. The van der Waals surface area contributed by atoms with E-state index in [2.05, 4.69) is 9.97 Å². The Hall–Kier alpha value is -1.85. The number of H-pyrrole nitrogens is 1. The fraction of sp³-hybridized carbons (Fsp3) is 0.0833. The number of aromatic hydroxyl groups is 1. The zero-order valence-corrected chi connectivity index (χ0v) is 9.79. The summed E-state index contributed by atoms with van der Waals surface area (Å²) in [7, 11) is 0. The van der Waals surface area contributed by atoms with Crippen molar-refractivity contribution in [1.29, 1.82) is 0 Å². The summed E-state index contributed by atoms with van der Waals surface area (Å²) in [6.07, 6.45) is 0. The molecule has 0 saturated heterocycles. The van der Waals surface area contributed by atoms with Crippen LogP contribution in [-0.2, 0) is 6.54 Å². The number of hydrogen-bond donors (Lipinski definition) is 3. The van der Waals surface area contributed by atoms with E-state index in [9.17, 15) is 5.11 Å². The first-order chi connectivity index (χ1) is 8.28. The van der Waals surface area contributed by atoms with E-state index in [1.165, 1.54) is 0 Å². The van der Waals surface area contributed by atoms with Crippen molar-refractivity contribution in [2.45, 2.75) is 6.54 Å². The van der Waals surface area contributed by atoms with Crippen molar-refractivity contribution in [1.82, 2.24) is 9.97 Å². The van der Waals surface area contributed by atoms with Crippen LogP contribution in [0.15, 0.2) is 29.6 Å². The van der Waals surface area contributed by atoms with Gasteiger partial charge in [-0.15, -0.1) is 11.3 Å². The average molecular weight is 245 g/mol. The van der Waals surface area contributed by atoms with E-state index in [4.69, 9.17) is 5.73 Å². The molecule has 0 aliphatic rings. The number of para-hydroxylation sites is 1. The number of phenolic OH excluding ortho intramolecular Hbond substituents is 1. The maximum Gasteiger partial charge on any atom is 0.140 e. The van der Waals surface area contributed by atoms with Crippen molar-refractivity contribution >= 4 is 22.2 Å². The Morgan fingerprint density at radius 3 is 3.00 bits per heavy atom. The fourth-order valence-corrected chi connectivity index (χ4v) is 2.58. The van der Waals surface area contributed by atoms with Crippen LogP contribution < -0.4 is 5.73 Å². The van der Waals surface area contributed by atoms with E-state index in [1.54, 1.807) is 17.4 Å². The van der Waals surface area contributed by atoms with E-state index in [-0.39, 0.29) is 5.75 Å². The molecule has 0 spiro atoms. The topological polar surface area (TPSA) is 74.9 Å². The molecule has 4 nitrogen and oxygen atoms in total. The van der Waals surface area contributed by atoms with Gasteiger partial charge in [-0.2, -0.15) is 0 Å². The Balaban J connectivity index is 2.14. The van der Waals surface area contributed by atoms with Gasteiger partial charge in [0.05, 0.1) is 16.9 Å².